The van der Waals surface area contributed by atoms with Gasteiger partial charge in [0.2, 0.25) is 0 Å². The van der Waals surface area contributed by atoms with Gasteiger partial charge in [0, 0.05) is 6.54 Å². The van der Waals surface area contributed by atoms with Crippen LogP contribution in [0.15, 0.2) is 60.7 Å². The van der Waals surface area contributed by atoms with Crippen LogP contribution in [0.25, 0.3) is 0 Å². The lowest BCUT2D eigenvalue weighted by molar-refractivity contribution is 0.0250. The van der Waals surface area contributed by atoms with Gasteiger partial charge in [0.25, 0.3) is 0 Å². The number of carbonyl (C=O) groups excluding carboxylic acids is 1. The highest BCUT2D eigenvalue weighted by atomic mass is 16.7. The largest absolute Gasteiger partial charge is 0.482 e. The van der Waals surface area contributed by atoms with Gasteiger partial charge in [-0.3, -0.25) is 0 Å². The van der Waals surface area contributed by atoms with Gasteiger partial charge in [-0.15, -0.1) is 0 Å². The third-order valence-corrected chi connectivity index (χ3v) is 5.33. The van der Waals surface area contributed by atoms with E-state index in [9.17, 15) is 4.79 Å². The average molecular weight is 393 g/mol. The maximum atomic E-state index is 12.7. The molecule has 3 atom stereocenters. The van der Waals surface area contributed by atoms with Gasteiger partial charge in [0.05, 0.1) is 18.1 Å². The number of nitrogens with zero attached hydrogens (tertiary/aromatic N) is 1. The van der Waals surface area contributed by atoms with Gasteiger partial charge in [-0.05, 0) is 44.7 Å². The van der Waals surface area contributed by atoms with E-state index in [2.05, 4.69) is 24.3 Å². The van der Waals surface area contributed by atoms with Crippen molar-refractivity contribution in [1.82, 2.24) is 4.90 Å². The van der Waals surface area contributed by atoms with E-state index in [1.165, 1.54) is 0 Å². The molecule has 0 bridgehead atoms. The molecule has 1 amide bonds. The summed E-state index contributed by atoms with van der Waals surface area (Å²) in [6, 6.07) is 20.3. The summed E-state index contributed by atoms with van der Waals surface area (Å²) in [5.41, 5.74) is 1.62. The predicted octanol–water partition coefficient (Wildman–Crippen LogP) is 4.94. The lowest BCUT2D eigenvalue weighted by atomic mass is 9.77. The molecule has 0 saturated carbocycles. The maximum Gasteiger partial charge on any atom is 0.482 e. The molecule has 2 aliphatic heterocycles. The summed E-state index contributed by atoms with van der Waals surface area (Å²) < 4.78 is 18.5. The number of ether oxygens (including phenoxy) is 1. The van der Waals surface area contributed by atoms with Crippen LogP contribution in [0.1, 0.15) is 56.9 Å². The highest BCUT2D eigenvalue weighted by Crippen LogP contribution is 2.43. The molecule has 2 fully saturated rings. The second-order valence-electron chi connectivity index (χ2n) is 8.69. The molecule has 29 heavy (non-hydrogen) atoms. The van der Waals surface area contributed by atoms with E-state index in [1.54, 1.807) is 4.90 Å². The van der Waals surface area contributed by atoms with E-state index in [4.69, 9.17) is 14.0 Å². The molecule has 0 unspecified atom stereocenters. The predicted molar refractivity (Wildman–Crippen MR) is 112 cm³/mol. The Hall–Kier alpha value is -2.31. The molecule has 2 aliphatic rings. The van der Waals surface area contributed by atoms with Crippen molar-refractivity contribution in [3.05, 3.63) is 71.8 Å². The molecular formula is C23H28BNO4. The second-order valence-corrected chi connectivity index (χ2v) is 8.69. The smallest absolute Gasteiger partial charge is 0.444 e. The summed E-state index contributed by atoms with van der Waals surface area (Å²) >= 11 is 0. The quantitative estimate of drug-likeness (QED) is 0.693. The summed E-state index contributed by atoms with van der Waals surface area (Å²) in [4.78, 5) is 14.5. The number of carbonyl (C=O) groups is 1. The zero-order chi connectivity index (χ0) is 20.4. The molecule has 4 rings (SSSR count). The Labute approximate surface area is 173 Å². The molecule has 5 nitrogen and oxygen atoms in total. The molecule has 0 spiro atoms. The molecule has 6 heteroatoms. The van der Waals surface area contributed by atoms with Gasteiger partial charge < -0.3 is 18.9 Å². The monoisotopic (exact) mass is 393 g/mol. The third-order valence-electron chi connectivity index (χ3n) is 5.33. The van der Waals surface area contributed by atoms with Gasteiger partial charge in [0.1, 0.15) is 5.60 Å². The van der Waals surface area contributed by atoms with Crippen molar-refractivity contribution >= 4 is 13.2 Å². The van der Waals surface area contributed by atoms with Gasteiger partial charge in [-0.1, -0.05) is 60.7 Å². The van der Waals surface area contributed by atoms with E-state index in [1.807, 2.05) is 57.2 Å². The minimum atomic E-state index is -0.527. The van der Waals surface area contributed by atoms with Crippen molar-refractivity contribution in [2.45, 2.75) is 57.4 Å². The number of hydrogen-bond acceptors (Lipinski definition) is 4. The fraction of sp³-hybridized carbons (Fsp3) is 0.435. The summed E-state index contributed by atoms with van der Waals surface area (Å²) in [5, 5.41) is 0. The van der Waals surface area contributed by atoms with Crippen LogP contribution < -0.4 is 0 Å². The van der Waals surface area contributed by atoms with Crippen LogP contribution >= 0.6 is 0 Å². The molecule has 152 valence electrons. The molecule has 2 aromatic carbocycles. The van der Waals surface area contributed by atoms with Crippen LogP contribution in [0, 0.1) is 0 Å². The Morgan fingerprint density at radius 2 is 1.48 bits per heavy atom. The van der Waals surface area contributed by atoms with Gasteiger partial charge in [-0.2, -0.15) is 0 Å². The number of amides is 1. The zero-order valence-electron chi connectivity index (χ0n) is 17.3. The minimum Gasteiger partial charge on any atom is -0.444 e. The molecular weight excluding hydrogens is 365 g/mol. The first kappa shape index (κ1) is 20.0. The van der Waals surface area contributed by atoms with E-state index in [-0.39, 0.29) is 24.2 Å². The number of benzene rings is 2. The molecule has 0 N–H and O–H groups in total. The Kier molecular flexibility index (Phi) is 5.66. The van der Waals surface area contributed by atoms with Crippen LogP contribution in [-0.4, -0.2) is 36.2 Å². The lowest BCUT2D eigenvalue weighted by Crippen LogP contribution is -2.48. The molecule has 2 saturated heterocycles. The van der Waals surface area contributed by atoms with Crippen LogP contribution in [0.5, 0.6) is 0 Å². The van der Waals surface area contributed by atoms with Crippen molar-refractivity contribution in [2.24, 2.45) is 0 Å². The normalized spacial score (nSPS) is 24.7. The van der Waals surface area contributed by atoms with Crippen molar-refractivity contribution in [1.29, 1.82) is 0 Å². The third kappa shape index (κ3) is 4.49. The fourth-order valence-corrected chi connectivity index (χ4v) is 4.06. The Morgan fingerprint density at radius 3 is 1.97 bits per heavy atom. The summed E-state index contributed by atoms with van der Waals surface area (Å²) in [6.45, 7) is 6.31. The molecule has 2 heterocycles. The Balaban J connectivity index is 1.57. The molecule has 0 aliphatic carbocycles. The minimum absolute atomic E-state index is 0.148. The highest BCUT2D eigenvalue weighted by Gasteiger charge is 2.50. The van der Waals surface area contributed by atoms with Crippen LogP contribution in [0.4, 0.5) is 4.79 Å². The van der Waals surface area contributed by atoms with E-state index in [0.29, 0.717) is 6.54 Å². The molecule has 0 radical (unpaired) electrons. The summed E-state index contributed by atoms with van der Waals surface area (Å²) in [6.07, 6.45) is 1.02. The standard InChI is InChI=1S/C23H28BNO4/c1-23(2,3)27-22(26)25-16-10-15-19(25)24-28-20(17-11-6-4-7-12-17)21(29-24)18-13-8-5-9-14-18/h4-9,11-14,19-21H,10,15-16H2,1-3H3/t19-,20+,21+/m1/s1. The van der Waals surface area contributed by atoms with Crippen LogP contribution in [0.3, 0.4) is 0 Å². The first-order valence-electron chi connectivity index (χ1n) is 10.3. The van der Waals surface area contributed by atoms with Crippen molar-refractivity contribution in [3.63, 3.8) is 0 Å². The Morgan fingerprint density at radius 1 is 0.966 bits per heavy atom. The zero-order valence-corrected chi connectivity index (χ0v) is 17.3. The number of rotatable bonds is 3. The van der Waals surface area contributed by atoms with E-state index >= 15 is 0 Å². The number of hydrogen-bond donors (Lipinski definition) is 0. The van der Waals surface area contributed by atoms with Gasteiger partial charge >= 0.3 is 13.2 Å². The van der Waals surface area contributed by atoms with Crippen LogP contribution in [-0.2, 0) is 14.0 Å². The number of likely N-dealkylation sites (tertiary alicyclic amines) is 1. The van der Waals surface area contributed by atoms with Crippen LogP contribution in [0.2, 0.25) is 0 Å². The first-order chi connectivity index (χ1) is 13.9. The average Bonchev–Trinajstić information content (AvgIpc) is 3.35. The summed E-state index contributed by atoms with van der Waals surface area (Å²) in [7, 11) is -0.486. The van der Waals surface area contributed by atoms with Crippen molar-refractivity contribution in [3.8, 4) is 0 Å². The topological polar surface area (TPSA) is 48.0 Å². The lowest BCUT2D eigenvalue weighted by Gasteiger charge is -2.29. The van der Waals surface area contributed by atoms with E-state index in [0.717, 1.165) is 24.0 Å². The van der Waals surface area contributed by atoms with Gasteiger partial charge in [-0.25, -0.2) is 4.79 Å². The SMILES string of the molecule is CC(C)(C)OC(=O)N1CCC[C@@H]1B1O[C@@H](c2ccccc2)[C@H](c2ccccc2)O1. The van der Waals surface area contributed by atoms with Crippen molar-refractivity contribution in [2.75, 3.05) is 6.54 Å². The first-order valence-corrected chi connectivity index (χ1v) is 10.3. The highest BCUT2D eigenvalue weighted by molar-refractivity contribution is 6.47. The summed E-state index contributed by atoms with van der Waals surface area (Å²) in [5.74, 6) is -0.148. The molecule has 0 aromatic heterocycles. The second kappa shape index (κ2) is 8.21. The fourth-order valence-electron chi connectivity index (χ4n) is 4.06. The van der Waals surface area contributed by atoms with E-state index < -0.39 is 12.7 Å². The molecule has 2 aromatic rings. The Bertz CT molecular complexity index is 776. The van der Waals surface area contributed by atoms with Crippen molar-refractivity contribution < 1.29 is 18.8 Å². The van der Waals surface area contributed by atoms with Gasteiger partial charge in [0.15, 0.2) is 0 Å². The maximum absolute atomic E-state index is 12.7.